The second-order valence-electron chi connectivity index (χ2n) is 6.26. The van der Waals surface area contributed by atoms with Crippen LogP contribution in [0, 0.1) is 0 Å². The Morgan fingerprint density at radius 2 is 1.75 bits per heavy atom. The summed E-state index contributed by atoms with van der Waals surface area (Å²) in [5.74, 6) is -0.668. The van der Waals surface area contributed by atoms with E-state index >= 15 is 0 Å². The van der Waals surface area contributed by atoms with E-state index in [1.54, 1.807) is 6.07 Å². The number of nitrogens with zero attached hydrogens (tertiary/aromatic N) is 1. The number of carbonyl (C=O) groups is 1. The van der Waals surface area contributed by atoms with Crippen molar-refractivity contribution in [3.63, 3.8) is 0 Å². The van der Waals surface area contributed by atoms with Gasteiger partial charge in [0.15, 0.2) is 0 Å². The zero-order valence-electron chi connectivity index (χ0n) is 15.1. The zero-order valence-corrected chi connectivity index (χ0v) is 15.9. The Morgan fingerprint density at radius 1 is 1.11 bits per heavy atom. The summed E-state index contributed by atoms with van der Waals surface area (Å²) < 4.78 is 57.3. The Kier molecular flexibility index (Phi) is 6.04. The normalized spacial score (nSPS) is 15.9. The minimum Gasteiger partial charge on any atom is -0.378 e. The van der Waals surface area contributed by atoms with Crippen LogP contribution in [0.3, 0.4) is 0 Å². The molecule has 5 nitrogen and oxygen atoms in total. The largest absolute Gasteiger partial charge is 0.418 e. The summed E-state index contributed by atoms with van der Waals surface area (Å²) >= 11 is 0. The van der Waals surface area contributed by atoms with E-state index in [1.165, 1.54) is 36.6 Å². The Morgan fingerprint density at radius 3 is 2.32 bits per heavy atom. The Bertz CT molecular complexity index is 879. The van der Waals surface area contributed by atoms with Gasteiger partial charge in [0.2, 0.25) is 0 Å². The molecule has 1 saturated heterocycles. The van der Waals surface area contributed by atoms with E-state index in [2.05, 4.69) is 5.32 Å². The average Bonchev–Trinajstić information content (AvgIpc) is 2.68. The highest BCUT2D eigenvalue weighted by Crippen LogP contribution is 2.37. The van der Waals surface area contributed by atoms with Crippen LogP contribution < -0.4 is 10.2 Å². The lowest BCUT2D eigenvalue weighted by molar-refractivity contribution is -0.136. The fourth-order valence-electron chi connectivity index (χ4n) is 2.89. The number of hydrogen-bond donors (Lipinski definition) is 1. The van der Waals surface area contributed by atoms with E-state index in [-0.39, 0.29) is 11.3 Å². The Balaban J connectivity index is 1.85. The second-order valence-corrected chi connectivity index (χ2v) is 7.64. The van der Waals surface area contributed by atoms with Crippen molar-refractivity contribution in [1.29, 1.82) is 0 Å². The maximum absolute atomic E-state index is 13.6. The van der Waals surface area contributed by atoms with Crippen molar-refractivity contribution in [1.82, 2.24) is 0 Å². The number of halogens is 3. The molecular formula is C19H19F3N2O3S. The monoisotopic (exact) mass is 412 g/mol. The molecule has 2 aromatic rings. The molecule has 2 aromatic carbocycles. The van der Waals surface area contributed by atoms with Crippen LogP contribution in [0.25, 0.3) is 0 Å². The molecule has 28 heavy (non-hydrogen) atoms. The Labute approximate surface area is 162 Å². The smallest absolute Gasteiger partial charge is 0.378 e. The number of carbonyl (C=O) groups excluding carboxylic acids is 1. The van der Waals surface area contributed by atoms with Crippen molar-refractivity contribution < 1.29 is 26.9 Å². The molecular weight excluding hydrogens is 393 g/mol. The molecule has 1 amide bonds. The molecule has 1 heterocycles. The van der Waals surface area contributed by atoms with Crippen LogP contribution in [0.1, 0.15) is 15.9 Å². The number of benzene rings is 2. The summed E-state index contributed by atoms with van der Waals surface area (Å²) in [5.41, 5.74) is -0.600. The minimum atomic E-state index is -4.62. The summed E-state index contributed by atoms with van der Waals surface area (Å²) in [6, 6.07) is 9.75. The molecule has 1 aliphatic rings. The van der Waals surface area contributed by atoms with Crippen LogP contribution in [0.4, 0.5) is 24.5 Å². The summed E-state index contributed by atoms with van der Waals surface area (Å²) in [4.78, 5) is 14.7. The van der Waals surface area contributed by atoms with E-state index in [0.29, 0.717) is 36.9 Å². The minimum absolute atomic E-state index is 0.180. The van der Waals surface area contributed by atoms with Gasteiger partial charge in [-0.05, 0) is 42.5 Å². The van der Waals surface area contributed by atoms with Crippen LogP contribution in [0.15, 0.2) is 47.4 Å². The first-order valence-electron chi connectivity index (χ1n) is 8.54. The topological polar surface area (TPSA) is 58.6 Å². The fraction of sp³-hybridized carbons (Fsp3) is 0.316. The van der Waals surface area contributed by atoms with Crippen molar-refractivity contribution in [2.24, 2.45) is 0 Å². The molecule has 0 radical (unpaired) electrons. The van der Waals surface area contributed by atoms with Gasteiger partial charge in [0, 0.05) is 46.3 Å². The first-order chi connectivity index (χ1) is 13.3. The molecule has 0 saturated carbocycles. The van der Waals surface area contributed by atoms with Crippen molar-refractivity contribution in [2.75, 3.05) is 42.8 Å². The maximum Gasteiger partial charge on any atom is 0.418 e. The molecule has 150 valence electrons. The summed E-state index contributed by atoms with van der Waals surface area (Å²) in [6.45, 7) is 1.93. The number of amides is 1. The van der Waals surface area contributed by atoms with E-state index in [0.717, 1.165) is 6.07 Å². The van der Waals surface area contributed by atoms with Crippen molar-refractivity contribution in [3.8, 4) is 0 Å². The predicted octanol–water partition coefficient (Wildman–Crippen LogP) is 3.53. The van der Waals surface area contributed by atoms with E-state index in [4.69, 9.17) is 4.74 Å². The van der Waals surface area contributed by atoms with Crippen LogP contribution >= 0.6 is 0 Å². The van der Waals surface area contributed by atoms with Gasteiger partial charge in [0.1, 0.15) is 0 Å². The van der Waals surface area contributed by atoms with Crippen LogP contribution in [0.5, 0.6) is 0 Å². The SMILES string of the molecule is CS(=O)c1ccc(C(=O)Nc2ccc(N3CCOCC3)cc2C(F)(F)F)cc1. The van der Waals surface area contributed by atoms with Gasteiger partial charge in [-0.3, -0.25) is 9.00 Å². The van der Waals surface area contributed by atoms with Crippen LogP contribution in [0.2, 0.25) is 0 Å². The molecule has 1 atom stereocenters. The first-order valence-corrected chi connectivity index (χ1v) is 10.1. The summed E-state index contributed by atoms with van der Waals surface area (Å²) in [6.07, 6.45) is -3.12. The van der Waals surface area contributed by atoms with Gasteiger partial charge in [-0.2, -0.15) is 13.2 Å². The van der Waals surface area contributed by atoms with Gasteiger partial charge < -0.3 is 15.0 Å². The highest BCUT2D eigenvalue weighted by Gasteiger charge is 2.35. The molecule has 0 aromatic heterocycles. The lowest BCUT2D eigenvalue weighted by Crippen LogP contribution is -2.36. The number of nitrogens with one attached hydrogen (secondary N) is 1. The third-order valence-electron chi connectivity index (χ3n) is 4.38. The summed E-state index contributed by atoms with van der Waals surface area (Å²) in [5, 5.41) is 2.33. The lowest BCUT2D eigenvalue weighted by Gasteiger charge is -2.29. The van der Waals surface area contributed by atoms with E-state index in [1.807, 2.05) is 4.90 Å². The highest BCUT2D eigenvalue weighted by atomic mass is 32.2. The molecule has 1 fully saturated rings. The van der Waals surface area contributed by atoms with E-state index in [9.17, 15) is 22.2 Å². The standard InChI is InChI=1S/C19H19F3N2O3S/c1-28(26)15-5-2-13(3-6-15)18(25)23-17-7-4-14(12-16(17)19(20,21)22)24-8-10-27-11-9-24/h2-7,12H,8-11H2,1H3,(H,23,25). The number of ether oxygens (including phenoxy) is 1. The average molecular weight is 412 g/mol. The number of morpholine rings is 1. The molecule has 1 aliphatic heterocycles. The van der Waals surface area contributed by atoms with Crippen molar-refractivity contribution in [3.05, 3.63) is 53.6 Å². The van der Waals surface area contributed by atoms with Gasteiger partial charge in [-0.25, -0.2) is 0 Å². The quantitative estimate of drug-likeness (QED) is 0.835. The fourth-order valence-corrected chi connectivity index (χ4v) is 3.41. The number of alkyl halides is 3. The number of hydrogen-bond acceptors (Lipinski definition) is 4. The van der Waals surface area contributed by atoms with Crippen LogP contribution in [-0.4, -0.2) is 42.7 Å². The van der Waals surface area contributed by atoms with Gasteiger partial charge in [-0.1, -0.05) is 0 Å². The van der Waals surface area contributed by atoms with Gasteiger partial charge in [-0.15, -0.1) is 0 Å². The molecule has 0 aliphatic carbocycles. The van der Waals surface area contributed by atoms with Crippen LogP contribution in [-0.2, 0) is 21.7 Å². The zero-order chi connectivity index (χ0) is 20.3. The summed E-state index contributed by atoms with van der Waals surface area (Å²) in [7, 11) is -1.20. The Hall–Kier alpha value is -2.39. The third kappa shape index (κ3) is 4.71. The number of anilines is 2. The highest BCUT2D eigenvalue weighted by molar-refractivity contribution is 7.84. The van der Waals surface area contributed by atoms with Crippen molar-refractivity contribution >= 4 is 28.1 Å². The van der Waals surface area contributed by atoms with Gasteiger partial charge in [0.05, 0.1) is 24.5 Å². The lowest BCUT2D eigenvalue weighted by atomic mass is 10.1. The molecule has 9 heteroatoms. The molecule has 1 unspecified atom stereocenters. The maximum atomic E-state index is 13.6. The van der Waals surface area contributed by atoms with E-state index < -0.39 is 28.4 Å². The predicted molar refractivity (Wildman–Crippen MR) is 101 cm³/mol. The molecule has 0 spiro atoms. The number of rotatable bonds is 4. The molecule has 3 rings (SSSR count). The molecule has 1 N–H and O–H groups in total. The van der Waals surface area contributed by atoms with Gasteiger partial charge >= 0.3 is 6.18 Å². The third-order valence-corrected chi connectivity index (χ3v) is 5.32. The molecule has 0 bridgehead atoms. The van der Waals surface area contributed by atoms with Gasteiger partial charge in [0.25, 0.3) is 5.91 Å². The first kappa shape index (κ1) is 20.3. The van der Waals surface area contributed by atoms with Crippen molar-refractivity contribution in [2.45, 2.75) is 11.1 Å². The second kappa shape index (κ2) is 8.32.